The van der Waals surface area contributed by atoms with Crippen molar-refractivity contribution in [3.63, 3.8) is 0 Å². The zero-order valence-corrected chi connectivity index (χ0v) is 9.80. The highest BCUT2D eigenvalue weighted by Gasteiger charge is 2.15. The average Bonchev–Trinajstić information content (AvgIpc) is 2.90. The van der Waals surface area contributed by atoms with Crippen LogP contribution in [-0.4, -0.2) is 17.4 Å². The molecule has 0 bridgehead atoms. The maximum atomic E-state index is 12.1. The van der Waals surface area contributed by atoms with E-state index >= 15 is 0 Å². The van der Waals surface area contributed by atoms with Crippen molar-refractivity contribution in [1.29, 1.82) is 0 Å². The number of hydrogen-bond acceptors (Lipinski definition) is 2. The SMILES string of the molecule is CCN(Cc1ccccc1)C(=O)c1ccoc1. The summed E-state index contributed by atoms with van der Waals surface area (Å²) in [7, 11) is 0. The smallest absolute Gasteiger partial charge is 0.257 e. The van der Waals surface area contributed by atoms with Gasteiger partial charge in [-0.3, -0.25) is 4.79 Å². The zero-order valence-electron chi connectivity index (χ0n) is 9.80. The fraction of sp³-hybridized carbons (Fsp3) is 0.214. The molecule has 0 aliphatic carbocycles. The quantitative estimate of drug-likeness (QED) is 0.807. The largest absolute Gasteiger partial charge is 0.472 e. The number of carbonyl (C=O) groups is 1. The molecule has 1 aromatic carbocycles. The molecule has 1 aromatic heterocycles. The fourth-order valence-electron chi connectivity index (χ4n) is 1.70. The molecular formula is C14H15NO2. The van der Waals surface area contributed by atoms with Crippen molar-refractivity contribution in [2.24, 2.45) is 0 Å². The highest BCUT2D eigenvalue weighted by atomic mass is 16.3. The number of furan rings is 1. The predicted molar refractivity (Wildman–Crippen MR) is 65.6 cm³/mol. The van der Waals surface area contributed by atoms with E-state index in [9.17, 15) is 4.79 Å². The van der Waals surface area contributed by atoms with Gasteiger partial charge >= 0.3 is 0 Å². The van der Waals surface area contributed by atoms with Crippen LogP contribution >= 0.6 is 0 Å². The highest BCUT2D eigenvalue weighted by molar-refractivity contribution is 5.93. The number of benzene rings is 1. The van der Waals surface area contributed by atoms with Crippen molar-refractivity contribution in [3.8, 4) is 0 Å². The Morgan fingerprint density at radius 2 is 2.00 bits per heavy atom. The lowest BCUT2D eigenvalue weighted by atomic mass is 10.2. The minimum absolute atomic E-state index is 0.00473. The van der Waals surface area contributed by atoms with Crippen LogP contribution < -0.4 is 0 Å². The summed E-state index contributed by atoms with van der Waals surface area (Å²) >= 11 is 0. The molecule has 88 valence electrons. The molecule has 1 amide bonds. The summed E-state index contributed by atoms with van der Waals surface area (Å²) in [5.41, 5.74) is 1.73. The van der Waals surface area contributed by atoms with Crippen LogP contribution in [0.1, 0.15) is 22.8 Å². The van der Waals surface area contributed by atoms with E-state index in [4.69, 9.17) is 4.42 Å². The van der Waals surface area contributed by atoms with Crippen LogP contribution in [0.25, 0.3) is 0 Å². The van der Waals surface area contributed by atoms with Gasteiger partial charge in [-0.25, -0.2) is 0 Å². The molecule has 0 aliphatic heterocycles. The first kappa shape index (κ1) is 11.5. The lowest BCUT2D eigenvalue weighted by Crippen LogP contribution is -2.29. The van der Waals surface area contributed by atoms with E-state index in [0.717, 1.165) is 5.56 Å². The fourth-order valence-corrected chi connectivity index (χ4v) is 1.70. The van der Waals surface area contributed by atoms with Gasteiger partial charge in [0.05, 0.1) is 11.8 Å². The van der Waals surface area contributed by atoms with Gasteiger partial charge in [0.25, 0.3) is 5.91 Å². The molecule has 0 aliphatic rings. The summed E-state index contributed by atoms with van der Waals surface area (Å²) < 4.78 is 4.93. The molecule has 2 rings (SSSR count). The Bertz CT molecular complexity index is 462. The van der Waals surface area contributed by atoms with Gasteiger partial charge in [0.2, 0.25) is 0 Å². The van der Waals surface area contributed by atoms with E-state index < -0.39 is 0 Å². The van der Waals surface area contributed by atoms with Crippen LogP contribution in [0, 0.1) is 0 Å². The normalized spacial score (nSPS) is 10.2. The minimum atomic E-state index is 0.00473. The Balaban J connectivity index is 2.10. The van der Waals surface area contributed by atoms with Gasteiger partial charge in [0.15, 0.2) is 0 Å². The van der Waals surface area contributed by atoms with Gasteiger partial charge in [0, 0.05) is 13.1 Å². The van der Waals surface area contributed by atoms with Gasteiger partial charge in [-0.15, -0.1) is 0 Å². The van der Waals surface area contributed by atoms with Gasteiger partial charge in [-0.05, 0) is 18.6 Å². The molecule has 0 N–H and O–H groups in total. The van der Waals surface area contributed by atoms with Crippen molar-refractivity contribution in [3.05, 3.63) is 60.1 Å². The molecule has 0 fully saturated rings. The highest BCUT2D eigenvalue weighted by Crippen LogP contribution is 2.10. The lowest BCUT2D eigenvalue weighted by molar-refractivity contribution is 0.0752. The van der Waals surface area contributed by atoms with Crippen LogP contribution in [-0.2, 0) is 6.54 Å². The maximum absolute atomic E-state index is 12.1. The number of carbonyl (C=O) groups excluding carboxylic acids is 1. The Morgan fingerprint density at radius 3 is 2.59 bits per heavy atom. The summed E-state index contributed by atoms with van der Waals surface area (Å²) in [5, 5.41) is 0. The molecule has 0 saturated heterocycles. The van der Waals surface area contributed by atoms with Crippen molar-refractivity contribution < 1.29 is 9.21 Å². The Morgan fingerprint density at radius 1 is 1.24 bits per heavy atom. The van der Waals surface area contributed by atoms with Gasteiger partial charge in [0.1, 0.15) is 6.26 Å². The van der Waals surface area contributed by atoms with E-state index in [2.05, 4.69) is 0 Å². The van der Waals surface area contributed by atoms with Crippen LogP contribution in [0.3, 0.4) is 0 Å². The monoisotopic (exact) mass is 229 g/mol. The average molecular weight is 229 g/mol. The third-order valence-electron chi connectivity index (χ3n) is 2.65. The third-order valence-corrected chi connectivity index (χ3v) is 2.65. The van der Waals surface area contributed by atoms with Crippen molar-refractivity contribution in [1.82, 2.24) is 4.90 Å². The minimum Gasteiger partial charge on any atom is -0.472 e. The van der Waals surface area contributed by atoms with Gasteiger partial charge in [-0.2, -0.15) is 0 Å². The van der Waals surface area contributed by atoms with Gasteiger partial charge in [-0.1, -0.05) is 30.3 Å². The molecule has 0 atom stereocenters. The van der Waals surface area contributed by atoms with Crippen LogP contribution in [0.15, 0.2) is 53.3 Å². The number of hydrogen-bond donors (Lipinski definition) is 0. The topological polar surface area (TPSA) is 33.5 Å². The van der Waals surface area contributed by atoms with Gasteiger partial charge < -0.3 is 9.32 Å². The molecule has 17 heavy (non-hydrogen) atoms. The first-order valence-electron chi connectivity index (χ1n) is 5.66. The summed E-state index contributed by atoms with van der Waals surface area (Å²) in [6, 6.07) is 11.7. The van der Waals surface area contributed by atoms with E-state index in [-0.39, 0.29) is 5.91 Å². The number of rotatable bonds is 4. The molecule has 1 heterocycles. The van der Waals surface area contributed by atoms with Crippen molar-refractivity contribution in [2.75, 3.05) is 6.54 Å². The van der Waals surface area contributed by atoms with E-state index in [1.165, 1.54) is 12.5 Å². The molecule has 0 spiro atoms. The third kappa shape index (κ3) is 2.75. The Labute approximate surface area is 101 Å². The van der Waals surface area contributed by atoms with Crippen LogP contribution in [0.2, 0.25) is 0 Å². The van der Waals surface area contributed by atoms with Crippen LogP contribution in [0.5, 0.6) is 0 Å². The zero-order chi connectivity index (χ0) is 12.1. The second-order valence-corrected chi connectivity index (χ2v) is 3.82. The summed E-state index contributed by atoms with van der Waals surface area (Å²) in [5.74, 6) is 0.00473. The van der Waals surface area contributed by atoms with E-state index in [1.54, 1.807) is 11.0 Å². The Hall–Kier alpha value is -2.03. The number of nitrogens with zero attached hydrogens (tertiary/aromatic N) is 1. The lowest BCUT2D eigenvalue weighted by Gasteiger charge is -2.20. The standard InChI is InChI=1S/C14H15NO2/c1-2-15(10-12-6-4-3-5-7-12)14(16)13-8-9-17-11-13/h3-9,11H,2,10H2,1H3. The number of amides is 1. The van der Waals surface area contributed by atoms with Crippen molar-refractivity contribution >= 4 is 5.91 Å². The van der Waals surface area contributed by atoms with E-state index in [1.807, 2.05) is 37.3 Å². The molecule has 0 unspecified atom stereocenters. The first-order valence-corrected chi connectivity index (χ1v) is 5.66. The summed E-state index contributed by atoms with van der Waals surface area (Å²) in [6.07, 6.45) is 3.00. The Kier molecular flexibility index (Phi) is 3.60. The second kappa shape index (κ2) is 5.34. The van der Waals surface area contributed by atoms with E-state index in [0.29, 0.717) is 18.7 Å². The molecule has 0 saturated carbocycles. The van der Waals surface area contributed by atoms with Crippen molar-refractivity contribution in [2.45, 2.75) is 13.5 Å². The summed E-state index contributed by atoms with van der Waals surface area (Å²) in [4.78, 5) is 13.9. The predicted octanol–water partition coefficient (Wildman–Crippen LogP) is 2.94. The maximum Gasteiger partial charge on any atom is 0.257 e. The molecular weight excluding hydrogens is 214 g/mol. The molecule has 0 radical (unpaired) electrons. The van der Waals surface area contributed by atoms with Crippen LogP contribution in [0.4, 0.5) is 0 Å². The molecule has 3 heteroatoms. The molecule has 3 nitrogen and oxygen atoms in total. The summed E-state index contributed by atoms with van der Waals surface area (Å²) in [6.45, 7) is 3.28. The second-order valence-electron chi connectivity index (χ2n) is 3.82. The molecule has 2 aromatic rings. The first-order chi connectivity index (χ1) is 8.31.